The number of halogens is 1. The van der Waals surface area contributed by atoms with Crippen LogP contribution in [-0.2, 0) is 9.53 Å². The molecule has 3 aromatic rings. The van der Waals surface area contributed by atoms with Crippen molar-refractivity contribution >= 4 is 29.1 Å². The lowest BCUT2D eigenvalue weighted by molar-refractivity contribution is -0.133. The molecule has 0 aliphatic carbocycles. The van der Waals surface area contributed by atoms with Crippen molar-refractivity contribution < 1.29 is 23.5 Å². The van der Waals surface area contributed by atoms with Crippen LogP contribution in [0.25, 0.3) is 0 Å². The first kappa shape index (κ1) is 26.9. The molecule has 0 unspecified atom stereocenters. The third kappa shape index (κ3) is 6.33. The molecule has 2 amide bonds. The number of methoxy groups -OCH3 is 1. The Kier molecular flexibility index (Phi) is 8.61. The van der Waals surface area contributed by atoms with Crippen LogP contribution in [0.1, 0.15) is 34.1 Å². The molecular formula is C29H31ClN4O5. The van der Waals surface area contributed by atoms with Crippen molar-refractivity contribution in [3.05, 3.63) is 88.8 Å². The fourth-order valence-electron chi connectivity index (χ4n) is 4.82. The Hall–Kier alpha value is -3.66. The van der Waals surface area contributed by atoms with E-state index in [9.17, 15) is 9.59 Å². The van der Waals surface area contributed by atoms with Crippen molar-refractivity contribution in [1.29, 1.82) is 0 Å². The zero-order chi connectivity index (χ0) is 27.2. The van der Waals surface area contributed by atoms with E-state index in [1.807, 2.05) is 48.5 Å². The number of nitrogens with zero attached hydrogens (tertiary/aromatic N) is 4. The SMILES string of the molecule is COc1ccc([C@@H]2CC(c3ccccc3Cl)=NN2C(=O)CN(CCN2CCOCC2)C(=O)c2ccco2)cc1. The van der Waals surface area contributed by atoms with E-state index in [2.05, 4.69) is 4.90 Å². The molecule has 2 aromatic carbocycles. The molecule has 2 aliphatic heterocycles. The zero-order valence-corrected chi connectivity index (χ0v) is 22.5. The Morgan fingerprint density at radius 1 is 1.08 bits per heavy atom. The maximum atomic E-state index is 13.9. The normalized spacial score (nSPS) is 17.6. The molecule has 0 radical (unpaired) electrons. The molecule has 0 N–H and O–H groups in total. The largest absolute Gasteiger partial charge is 0.497 e. The van der Waals surface area contributed by atoms with Crippen LogP contribution in [0.4, 0.5) is 0 Å². The number of morpholine rings is 1. The van der Waals surface area contributed by atoms with Crippen LogP contribution >= 0.6 is 11.6 Å². The molecule has 10 heteroatoms. The lowest BCUT2D eigenvalue weighted by atomic mass is 9.98. The second-order valence-electron chi connectivity index (χ2n) is 9.42. The van der Waals surface area contributed by atoms with Crippen molar-refractivity contribution in [3.8, 4) is 5.75 Å². The topological polar surface area (TPSA) is 87.8 Å². The number of carbonyl (C=O) groups excluding carboxylic acids is 2. The summed E-state index contributed by atoms with van der Waals surface area (Å²) in [6.45, 7) is 3.73. The summed E-state index contributed by atoms with van der Waals surface area (Å²) in [5.74, 6) is 0.287. The third-order valence-corrected chi connectivity index (χ3v) is 7.32. The number of ether oxygens (including phenoxy) is 2. The molecule has 39 heavy (non-hydrogen) atoms. The van der Waals surface area contributed by atoms with Gasteiger partial charge in [0.1, 0.15) is 12.3 Å². The van der Waals surface area contributed by atoms with Gasteiger partial charge < -0.3 is 18.8 Å². The van der Waals surface area contributed by atoms with E-state index >= 15 is 0 Å². The van der Waals surface area contributed by atoms with E-state index < -0.39 is 0 Å². The van der Waals surface area contributed by atoms with Gasteiger partial charge in [-0.15, -0.1) is 0 Å². The molecule has 5 rings (SSSR count). The summed E-state index contributed by atoms with van der Waals surface area (Å²) in [5.41, 5.74) is 2.41. The Morgan fingerprint density at radius 2 is 1.85 bits per heavy atom. The minimum Gasteiger partial charge on any atom is -0.497 e. The third-order valence-electron chi connectivity index (χ3n) is 6.99. The first-order valence-electron chi connectivity index (χ1n) is 12.9. The van der Waals surface area contributed by atoms with Gasteiger partial charge in [0.2, 0.25) is 0 Å². The predicted octanol–water partition coefficient (Wildman–Crippen LogP) is 4.09. The van der Waals surface area contributed by atoms with E-state index in [0.29, 0.717) is 43.5 Å². The quantitative estimate of drug-likeness (QED) is 0.399. The number of hydrazone groups is 1. The number of amides is 2. The van der Waals surface area contributed by atoms with Crippen LogP contribution in [0.15, 0.2) is 76.4 Å². The number of hydrogen-bond acceptors (Lipinski definition) is 7. The van der Waals surface area contributed by atoms with Crippen molar-refractivity contribution in [1.82, 2.24) is 14.8 Å². The van der Waals surface area contributed by atoms with Gasteiger partial charge in [0.05, 0.1) is 38.3 Å². The predicted molar refractivity (Wildman–Crippen MR) is 147 cm³/mol. The fourth-order valence-corrected chi connectivity index (χ4v) is 5.06. The Balaban J connectivity index is 1.40. The van der Waals surface area contributed by atoms with Crippen LogP contribution in [-0.4, -0.2) is 85.4 Å². The molecule has 1 fully saturated rings. The highest BCUT2D eigenvalue weighted by Crippen LogP contribution is 2.35. The lowest BCUT2D eigenvalue weighted by Gasteiger charge is -2.30. The van der Waals surface area contributed by atoms with Crippen LogP contribution in [0.2, 0.25) is 5.02 Å². The summed E-state index contributed by atoms with van der Waals surface area (Å²) in [4.78, 5) is 30.9. The maximum absolute atomic E-state index is 13.9. The van der Waals surface area contributed by atoms with Crippen LogP contribution in [0.3, 0.4) is 0 Å². The molecule has 9 nitrogen and oxygen atoms in total. The van der Waals surface area contributed by atoms with Gasteiger partial charge in [0, 0.05) is 43.2 Å². The number of hydrogen-bond donors (Lipinski definition) is 0. The Bertz CT molecular complexity index is 1310. The Morgan fingerprint density at radius 3 is 2.54 bits per heavy atom. The van der Waals surface area contributed by atoms with Gasteiger partial charge in [-0.05, 0) is 35.9 Å². The second-order valence-corrected chi connectivity index (χ2v) is 9.82. The van der Waals surface area contributed by atoms with Crippen LogP contribution in [0.5, 0.6) is 5.75 Å². The lowest BCUT2D eigenvalue weighted by Crippen LogP contribution is -2.46. The van der Waals surface area contributed by atoms with Gasteiger partial charge in [-0.25, -0.2) is 5.01 Å². The second kappa shape index (κ2) is 12.5. The first-order valence-corrected chi connectivity index (χ1v) is 13.3. The zero-order valence-electron chi connectivity index (χ0n) is 21.8. The van der Waals surface area contributed by atoms with Gasteiger partial charge in [-0.2, -0.15) is 5.10 Å². The van der Waals surface area contributed by atoms with E-state index in [1.54, 1.807) is 19.2 Å². The monoisotopic (exact) mass is 550 g/mol. The van der Waals surface area contributed by atoms with Gasteiger partial charge in [0.25, 0.3) is 11.8 Å². The van der Waals surface area contributed by atoms with Crippen molar-refractivity contribution in [2.45, 2.75) is 12.5 Å². The summed E-state index contributed by atoms with van der Waals surface area (Å²) in [6.07, 6.45) is 1.94. The minimum absolute atomic E-state index is 0.143. The highest BCUT2D eigenvalue weighted by atomic mass is 35.5. The van der Waals surface area contributed by atoms with Gasteiger partial charge >= 0.3 is 0 Å². The minimum atomic E-state index is -0.352. The Labute approximate surface area is 232 Å². The molecule has 0 saturated carbocycles. The van der Waals surface area contributed by atoms with Crippen LogP contribution in [0, 0.1) is 0 Å². The van der Waals surface area contributed by atoms with Crippen molar-refractivity contribution in [2.75, 3.05) is 53.0 Å². The summed E-state index contributed by atoms with van der Waals surface area (Å²) in [7, 11) is 1.61. The number of rotatable bonds is 9. The van der Waals surface area contributed by atoms with Gasteiger partial charge in [-0.1, -0.05) is 41.9 Å². The molecule has 204 valence electrons. The van der Waals surface area contributed by atoms with Crippen molar-refractivity contribution in [2.24, 2.45) is 5.10 Å². The van der Waals surface area contributed by atoms with Crippen LogP contribution < -0.4 is 4.74 Å². The van der Waals surface area contributed by atoms with E-state index in [0.717, 1.165) is 30.0 Å². The summed E-state index contributed by atoms with van der Waals surface area (Å²) < 4.78 is 16.1. The van der Waals surface area contributed by atoms with E-state index in [-0.39, 0.29) is 30.2 Å². The number of benzene rings is 2. The summed E-state index contributed by atoms with van der Waals surface area (Å²) in [5, 5.41) is 6.79. The highest BCUT2D eigenvalue weighted by molar-refractivity contribution is 6.34. The van der Waals surface area contributed by atoms with Gasteiger partial charge in [-0.3, -0.25) is 14.5 Å². The molecule has 0 spiro atoms. The van der Waals surface area contributed by atoms with Crippen molar-refractivity contribution in [3.63, 3.8) is 0 Å². The fraction of sp³-hybridized carbons (Fsp3) is 0.345. The molecule has 1 saturated heterocycles. The first-order chi connectivity index (χ1) is 19.0. The van der Waals surface area contributed by atoms with E-state index in [1.165, 1.54) is 16.2 Å². The molecule has 2 aliphatic rings. The maximum Gasteiger partial charge on any atom is 0.290 e. The smallest absolute Gasteiger partial charge is 0.290 e. The summed E-state index contributed by atoms with van der Waals surface area (Å²) >= 11 is 6.49. The molecular weight excluding hydrogens is 520 g/mol. The molecule has 0 bridgehead atoms. The van der Waals surface area contributed by atoms with E-state index in [4.69, 9.17) is 30.6 Å². The highest BCUT2D eigenvalue weighted by Gasteiger charge is 2.35. The summed E-state index contributed by atoms with van der Waals surface area (Å²) in [6, 6.07) is 18.0. The molecule has 3 heterocycles. The molecule has 1 atom stereocenters. The number of carbonyl (C=O) groups is 2. The standard InChI is InChI=1S/C29H31ClN4O5/c1-37-22-10-8-21(9-11-22)26-19-25(23-5-2-3-6-24(23)30)31-34(26)28(35)20-33(29(36)27-7-4-16-39-27)13-12-32-14-17-38-18-15-32/h2-11,16,26H,12-15,17-20H2,1H3/t26-/m0/s1. The average molecular weight is 551 g/mol. The van der Waals surface area contributed by atoms with Gasteiger partial charge in [0.15, 0.2) is 5.76 Å². The number of furan rings is 1. The average Bonchev–Trinajstić information content (AvgIpc) is 3.67. The molecule has 1 aromatic heterocycles.